The van der Waals surface area contributed by atoms with E-state index < -0.39 is 0 Å². The average molecular weight is 240 g/mol. The zero-order valence-electron chi connectivity index (χ0n) is 10.4. The lowest BCUT2D eigenvalue weighted by Gasteiger charge is -2.01. The molecule has 0 saturated carbocycles. The van der Waals surface area contributed by atoms with Crippen molar-refractivity contribution in [3.63, 3.8) is 0 Å². The van der Waals surface area contributed by atoms with E-state index in [2.05, 4.69) is 34.6 Å². The van der Waals surface area contributed by atoms with Crippen molar-refractivity contribution in [1.82, 2.24) is 10.3 Å². The number of nitrogens with zero attached hydrogens (tertiary/aromatic N) is 1. The first-order valence-corrected chi connectivity index (χ1v) is 6.02. The lowest BCUT2D eigenvalue weighted by molar-refractivity contribution is -0.118. The Kier molecular flexibility index (Phi) is 4.07. The van der Waals surface area contributed by atoms with E-state index in [4.69, 9.17) is 0 Å². The Morgan fingerprint density at radius 2 is 2.17 bits per heavy atom. The fourth-order valence-corrected chi connectivity index (χ4v) is 1.80. The van der Waals surface area contributed by atoms with Gasteiger partial charge in [-0.2, -0.15) is 0 Å². The molecule has 1 aromatic heterocycles. The summed E-state index contributed by atoms with van der Waals surface area (Å²) in [5.74, 6) is 0.00947. The van der Waals surface area contributed by atoms with Gasteiger partial charge in [0.2, 0.25) is 5.91 Å². The minimum absolute atomic E-state index is 0.00947. The lowest BCUT2D eigenvalue weighted by atomic mass is 10.1. The van der Waals surface area contributed by atoms with E-state index in [9.17, 15) is 4.79 Å². The summed E-state index contributed by atoms with van der Waals surface area (Å²) in [6.07, 6.45) is 6.73. The second-order valence-corrected chi connectivity index (χ2v) is 4.10. The maximum absolute atomic E-state index is 10.7. The van der Waals surface area contributed by atoms with Gasteiger partial charge in [-0.15, -0.1) is 0 Å². The van der Waals surface area contributed by atoms with Gasteiger partial charge in [-0.05, 0) is 12.5 Å². The first-order chi connectivity index (χ1) is 8.77. The van der Waals surface area contributed by atoms with Crippen LogP contribution in [0.4, 0.5) is 0 Å². The summed E-state index contributed by atoms with van der Waals surface area (Å²) >= 11 is 0. The number of aromatic nitrogens is 1. The van der Waals surface area contributed by atoms with Gasteiger partial charge in [-0.3, -0.25) is 9.78 Å². The Hall–Kier alpha value is -2.16. The van der Waals surface area contributed by atoms with Gasteiger partial charge >= 0.3 is 0 Å². The molecule has 0 spiro atoms. The number of hydrogen-bond acceptors (Lipinski definition) is 2. The number of carbonyl (C=O) groups is 1. The van der Waals surface area contributed by atoms with Gasteiger partial charge in [0.15, 0.2) is 0 Å². The third kappa shape index (κ3) is 3.17. The summed E-state index contributed by atoms with van der Waals surface area (Å²) in [4.78, 5) is 15.1. The highest BCUT2D eigenvalue weighted by atomic mass is 16.1. The molecular weight excluding hydrogens is 224 g/mol. The van der Waals surface area contributed by atoms with Crippen LogP contribution < -0.4 is 5.32 Å². The number of amides is 1. The predicted octanol–water partition coefficient (Wildman–Crippen LogP) is 2.77. The van der Waals surface area contributed by atoms with Crippen molar-refractivity contribution in [1.29, 1.82) is 0 Å². The summed E-state index contributed by atoms with van der Waals surface area (Å²) < 4.78 is 0. The molecule has 0 aliphatic heterocycles. The van der Waals surface area contributed by atoms with Crippen molar-refractivity contribution in [2.24, 2.45) is 0 Å². The van der Waals surface area contributed by atoms with Crippen LogP contribution in [0.3, 0.4) is 0 Å². The standard InChI is InChI=1S/C15H16N2O/c1-12(18)16-10-3-2-6-13-7-4-8-14-9-5-11-17-15(13)14/h2,4-9,11H,3,10H2,1H3,(H,16,18). The Morgan fingerprint density at radius 1 is 1.33 bits per heavy atom. The van der Waals surface area contributed by atoms with Crippen LogP contribution in [0, 0.1) is 0 Å². The third-order valence-corrected chi connectivity index (χ3v) is 2.65. The smallest absolute Gasteiger partial charge is 0.216 e. The maximum Gasteiger partial charge on any atom is 0.216 e. The minimum atomic E-state index is 0.00947. The van der Waals surface area contributed by atoms with Gasteiger partial charge in [0.05, 0.1) is 5.52 Å². The SMILES string of the molecule is CC(=O)NCCC=Cc1cccc2cccnc12. The fraction of sp³-hybridized carbons (Fsp3) is 0.200. The van der Waals surface area contributed by atoms with Crippen LogP contribution in [-0.4, -0.2) is 17.4 Å². The molecule has 2 rings (SSSR count). The summed E-state index contributed by atoms with van der Waals surface area (Å²) in [5.41, 5.74) is 2.12. The number of fused-ring (bicyclic) bond motifs is 1. The molecule has 1 amide bonds. The van der Waals surface area contributed by atoms with Crippen LogP contribution in [0.15, 0.2) is 42.6 Å². The van der Waals surface area contributed by atoms with Crippen molar-refractivity contribution >= 4 is 22.9 Å². The predicted molar refractivity (Wildman–Crippen MR) is 74.1 cm³/mol. The van der Waals surface area contributed by atoms with E-state index >= 15 is 0 Å². The van der Waals surface area contributed by atoms with Crippen LogP contribution in [0.1, 0.15) is 18.9 Å². The number of nitrogens with one attached hydrogen (secondary N) is 1. The molecule has 3 heteroatoms. The highest BCUT2D eigenvalue weighted by Crippen LogP contribution is 2.17. The average Bonchev–Trinajstić information content (AvgIpc) is 2.38. The van der Waals surface area contributed by atoms with Gasteiger partial charge < -0.3 is 5.32 Å². The van der Waals surface area contributed by atoms with E-state index in [1.807, 2.05) is 18.2 Å². The molecule has 1 N–H and O–H groups in total. The van der Waals surface area contributed by atoms with E-state index in [0.29, 0.717) is 6.54 Å². The van der Waals surface area contributed by atoms with E-state index in [-0.39, 0.29) is 5.91 Å². The van der Waals surface area contributed by atoms with E-state index in [1.165, 1.54) is 6.92 Å². The number of carbonyl (C=O) groups excluding carboxylic acids is 1. The molecule has 0 bridgehead atoms. The Bertz CT molecular complexity index is 570. The van der Waals surface area contributed by atoms with Gasteiger partial charge in [0.25, 0.3) is 0 Å². The topological polar surface area (TPSA) is 42.0 Å². The molecule has 0 unspecified atom stereocenters. The normalized spacial score (nSPS) is 10.9. The second kappa shape index (κ2) is 5.96. The Morgan fingerprint density at radius 3 is 3.00 bits per heavy atom. The monoisotopic (exact) mass is 240 g/mol. The fourth-order valence-electron chi connectivity index (χ4n) is 1.80. The van der Waals surface area contributed by atoms with E-state index in [0.717, 1.165) is 22.9 Å². The number of rotatable bonds is 4. The molecule has 92 valence electrons. The molecule has 1 aromatic carbocycles. The van der Waals surface area contributed by atoms with Crippen molar-refractivity contribution in [2.75, 3.05) is 6.54 Å². The zero-order chi connectivity index (χ0) is 12.8. The van der Waals surface area contributed by atoms with Gasteiger partial charge in [-0.1, -0.05) is 36.4 Å². The summed E-state index contributed by atoms with van der Waals surface area (Å²) in [5, 5.41) is 3.90. The van der Waals surface area contributed by atoms with Crippen molar-refractivity contribution < 1.29 is 4.79 Å². The molecule has 0 aliphatic rings. The van der Waals surface area contributed by atoms with Crippen LogP contribution in [0.25, 0.3) is 17.0 Å². The van der Waals surface area contributed by atoms with E-state index in [1.54, 1.807) is 6.20 Å². The maximum atomic E-state index is 10.7. The summed E-state index contributed by atoms with van der Waals surface area (Å²) in [6, 6.07) is 10.1. The second-order valence-electron chi connectivity index (χ2n) is 4.10. The summed E-state index contributed by atoms with van der Waals surface area (Å²) in [6.45, 7) is 2.20. The summed E-state index contributed by atoms with van der Waals surface area (Å²) in [7, 11) is 0. The molecule has 0 fully saturated rings. The molecule has 18 heavy (non-hydrogen) atoms. The molecule has 0 radical (unpaired) electrons. The third-order valence-electron chi connectivity index (χ3n) is 2.65. The molecule has 0 aliphatic carbocycles. The zero-order valence-corrected chi connectivity index (χ0v) is 10.4. The Balaban J connectivity index is 2.07. The number of benzene rings is 1. The lowest BCUT2D eigenvalue weighted by Crippen LogP contribution is -2.20. The highest BCUT2D eigenvalue weighted by molar-refractivity contribution is 5.86. The van der Waals surface area contributed by atoms with Crippen molar-refractivity contribution in [3.8, 4) is 0 Å². The van der Waals surface area contributed by atoms with Gasteiger partial charge in [-0.25, -0.2) is 0 Å². The van der Waals surface area contributed by atoms with Crippen molar-refractivity contribution in [3.05, 3.63) is 48.2 Å². The molecule has 0 saturated heterocycles. The quantitative estimate of drug-likeness (QED) is 0.835. The molecule has 1 heterocycles. The van der Waals surface area contributed by atoms with Gasteiger partial charge in [0, 0.05) is 30.6 Å². The number of pyridine rings is 1. The van der Waals surface area contributed by atoms with Crippen LogP contribution in [-0.2, 0) is 4.79 Å². The van der Waals surface area contributed by atoms with Crippen molar-refractivity contribution in [2.45, 2.75) is 13.3 Å². The first-order valence-electron chi connectivity index (χ1n) is 6.02. The first kappa shape index (κ1) is 12.3. The van der Waals surface area contributed by atoms with Crippen LogP contribution >= 0.6 is 0 Å². The number of para-hydroxylation sites is 1. The largest absolute Gasteiger partial charge is 0.356 e. The highest BCUT2D eigenvalue weighted by Gasteiger charge is 1.97. The number of hydrogen-bond donors (Lipinski definition) is 1. The van der Waals surface area contributed by atoms with Gasteiger partial charge in [0.1, 0.15) is 0 Å². The molecule has 2 aromatic rings. The minimum Gasteiger partial charge on any atom is -0.356 e. The van der Waals surface area contributed by atoms with Crippen LogP contribution in [0.2, 0.25) is 0 Å². The molecule has 0 atom stereocenters. The molecule has 3 nitrogen and oxygen atoms in total. The molecular formula is C15H16N2O. The van der Waals surface area contributed by atoms with Crippen LogP contribution in [0.5, 0.6) is 0 Å². The Labute approximate surface area is 107 Å².